The second-order valence-corrected chi connectivity index (χ2v) is 15.9. The van der Waals surface area contributed by atoms with Crippen LogP contribution >= 0.6 is 27.7 Å². The molecular weight excluding hydrogens is 710 g/mol. The molecule has 1 atom stereocenters. The lowest BCUT2D eigenvalue weighted by Gasteiger charge is -2.35. The maximum absolute atomic E-state index is 14.7. The summed E-state index contributed by atoms with van der Waals surface area (Å²) < 4.78 is 36.2. The van der Waals surface area contributed by atoms with Crippen LogP contribution in [0.25, 0.3) is 0 Å². The third-order valence-corrected chi connectivity index (χ3v) is 10.5. The monoisotopic (exact) mass is 751 g/mol. The minimum atomic E-state index is -4.22. The van der Waals surface area contributed by atoms with Crippen LogP contribution in [0.2, 0.25) is 0 Å². The molecule has 0 fully saturated rings. The highest BCUT2D eigenvalue weighted by atomic mass is 79.9. The normalized spacial score (nSPS) is 12.2. The van der Waals surface area contributed by atoms with Crippen molar-refractivity contribution in [2.45, 2.75) is 62.0 Å². The number of benzene rings is 4. The number of anilines is 1. The number of ether oxygens (including phenoxy) is 1. The van der Waals surface area contributed by atoms with Gasteiger partial charge in [0.05, 0.1) is 17.2 Å². The molecule has 0 saturated heterocycles. The van der Waals surface area contributed by atoms with Crippen molar-refractivity contribution in [1.82, 2.24) is 10.2 Å². The molecule has 0 aromatic heterocycles. The molecule has 2 amide bonds. The SMILES string of the molecule is CCOc1ccc(N(CC(=O)N(Cc2ccc(Br)cc2)C(Cc2ccccc2)C(=O)NC(C)(C)C)S(=O)(=O)c2ccc(SC)cc2)cc1. The van der Waals surface area contributed by atoms with Gasteiger partial charge in [-0.05, 0) is 106 Å². The second-order valence-electron chi connectivity index (χ2n) is 12.2. The van der Waals surface area contributed by atoms with Crippen LogP contribution in [0, 0.1) is 0 Å². The summed E-state index contributed by atoms with van der Waals surface area (Å²) in [5, 5.41) is 3.05. The predicted molar refractivity (Wildman–Crippen MR) is 197 cm³/mol. The van der Waals surface area contributed by atoms with E-state index >= 15 is 0 Å². The Morgan fingerprint density at radius 2 is 1.50 bits per heavy atom. The summed E-state index contributed by atoms with van der Waals surface area (Å²) in [6.45, 7) is 7.51. The first-order valence-corrected chi connectivity index (χ1v) is 19.1. The molecule has 254 valence electrons. The lowest BCUT2D eigenvalue weighted by atomic mass is 10.0. The molecule has 11 heteroatoms. The summed E-state index contributed by atoms with van der Waals surface area (Å²) in [6.07, 6.45) is 2.15. The number of carbonyl (C=O) groups excluding carboxylic acids is 2. The van der Waals surface area contributed by atoms with Crippen molar-refractivity contribution in [3.8, 4) is 5.75 Å². The van der Waals surface area contributed by atoms with E-state index < -0.39 is 34.1 Å². The van der Waals surface area contributed by atoms with E-state index in [9.17, 15) is 18.0 Å². The minimum Gasteiger partial charge on any atom is -0.494 e. The number of nitrogens with zero attached hydrogens (tertiary/aromatic N) is 2. The largest absolute Gasteiger partial charge is 0.494 e. The van der Waals surface area contributed by atoms with Crippen molar-refractivity contribution < 1.29 is 22.7 Å². The second kappa shape index (κ2) is 16.5. The van der Waals surface area contributed by atoms with Crippen LogP contribution in [0.4, 0.5) is 5.69 Å². The summed E-state index contributed by atoms with van der Waals surface area (Å²) in [6, 6.07) is 29.2. The first-order chi connectivity index (χ1) is 22.8. The summed E-state index contributed by atoms with van der Waals surface area (Å²) in [5.74, 6) is -0.283. The molecule has 8 nitrogen and oxygen atoms in total. The van der Waals surface area contributed by atoms with Gasteiger partial charge >= 0.3 is 0 Å². The highest BCUT2D eigenvalue weighted by Gasteiger charge is 2.35. The van der Waals surface area contributed by atoms with Crippen LogP contribution in [0.1, 0.15) is 38.8 Å². The van der Waals surface area contributed by atoms with Crippen LogP contribution in [0.15, 0.2) is 117 Å². The molecule has 0 aliphatic heterocycles. The maximum Gasteiger partial charge on any atom is 0.264 e. The molecule has 0 heterocycles. The number of rotatable bonds is 14. The van der Waals surface area contributed by atoms with Crippen molar-refractivity contribution in [2.75, 3.05) is 23.7 Å². The summed E-state index contributed by atoms with van der Waals surface area (Å²) >= 11 is 4.97. The van der Waals surface area contributed by atoms with Crippen LogP contribution in [0.3, 0.4) is 0 Å². The minimum absolute atomic E-state index is 0.0488. The van der Waals surface area contributed by atoms with Gasteiger partial charge in [-0.15, -0.1) is 11.8 Å². The zero-order valence-electron chi connectivity index (χ0n) is 27.9. The van der Waals surface area contributed by atoms with E-state index in [-0.39, 0.29) is 23.8 Å². The lowest BCUT2D eigenvalue weighted by Crippen LogP contribution is -2.56. The van der Waals surface area contributed by atoms with Crippen LogP contribution in [-0.2, 0) is 32.6 Å². The van der Waals surface area contributed by atoms with E-state index in [1.165, 1.54) is 16.7 Å². The number of hydrogen-bond donors (Lipinski definition) is 1. The van der Waals surface area contributed by atoms with Gasteiger partial charge in [0, 0.05) is 27.9 Å². The molecule has 0 saturated carbocycles. The summed E-state index contributed by atoms with van der Waals surface area (Å²) in [4.78, 5) is 31.1. The molecule has 4 aromatic carbocycles. The van der Waals surface area contributed by atoms with Crippen molar-refractivity contribution in [2.24, 2.45) is 0 Å². The smallest absolute Gasteiger partial charge is 0.264 e. The zero-order valence-corrected chi connectivity index (χ0v) is 31.1. The molecule has 0 aliphatic rings. The Morgan fingerprint density at radius 1 is 0.875 bits per heavy atom. The summed E-state index contributed by atoms with van der Waals surface area (Å²) in [7, 11) is -4.22. The summed E-state index contributed by atoms with van der Waals surface area (Å²) in [5.41, 5.74) is 1.38. The highest BCUT2D eigenvalue weighted by molar-refractivity contribution is 9.10. The lowest BCUT2D eigenvalue weighted by molar-refractivity contribution is -0.140. The average Bonchev–Trinajstić information content (AvgIpc) is 3.06. The van der Waals surface area contributed by atoms with Gasteiger partial charge in [-0.3, -0.25) is 13.9 Å². The van der Waals surface area contributed by atoms with Crippen molar-refractivity contribution >= 4 is 55.2 Å². The van der Waals surface area contributed by atoms with E-state index in [4.69, 9.17) is 4.74 Å². The van der Waals surface area contributed by atoms with Crippen LogP contribution < -0.4 is 14.4 Å². The standard InChI is InChI=1S/C37H42BrN3O5S2/c1-6-46-31-18-16-30(17-19-31)41(48(44,45)33-22-20-32(47-5)21-23-33)26-35(42)40(25-28-12-14-29(38)15-13-28)34(36(43)39-37(2,3)4)24-27-10-8-7-9-11-27/h7-23,34H,6,24-26H2,1-5H3,(H,39,43). The van der Waals surface area contributed by atoms with E-state index in [2.05, 4.69) is 21.2 Å². The van der Waals surface area contributed by atoms with E-state index in [0.29, 0.717) is 18.0 Å². The molecule has 1 N–H and O–H groups in total. The fourth-order valence-corrected chi connectivity index (χ4v) is 7.16. The third-order valence-electron chi connectivity index (χ3n) is 7.40. The Hall–Kier alpha value is -3.80. The van der Waals surface area contributed by atoms with E-state index in [0.717, 1.165) is 24.8 Å². The van der Waals surface area contributed by atoms with Gasteiger partial charge in [0.1, 0.15) is 18.3 Å². The molecule has 0 bridgehead atoms. The van der Waals surface area contributed by atoms with E-state index in [1.807, 2.05) is 88.5 Å². The average molecular weight is 753 g/mol. The fourth-order valence-electron chi connectivity index (χ4n) is 5.07. The number of carbonyl (C=O) groups is 2. The third kappa shape index (κ3) is 10.1. The van der Waals surface area contributed by atoms with Crippen LogP contribution in [0.5, 0.6) is 5.75 Å². The molecule has 48 heavy (non-hydrogen) atoms. The zero-order chi connectivity index (χ0) is 34.9. The predicted octanol–water partition coefficient (Wildman–Crippen LogP) is 7.32. The molecule has 1 unspecified atom stereocenters. The first kappa shape index (κ1) is 37.0. The van der Waals surface area contributed by atoms with Gasteiger partial charge in [0.15, 0.2) is 0 Å². The number of sulfonamides is 1. The van der Waals surface area contributed by atoms with Gasteiger partial charge in [-0.2, -0.15) is 0 Å². The van der Waals surface area contributed by atoms with Gasteiger partial charge in [0.25, 0.3) is 10.0 Å². The van der Waals surface area contributed by atoms with Crippen LogP contribution in [-0.4, -0.2) is 56.1 Å². The molecule has 4 aromatic rings. The van der Waals surface area contributed by atoms with Crippen molar-refractivity contribution in [1.29, 1.82) is 0 Å². The number of halogens is 1. The molecule has 0 aliphatic carbocycles. The van der Waals surface area contributed by atoms with Gasteiger partial charge < -0.3 is 15.0 Å². The number of nitrogens with one attached hydrogen (secondary N) is 1. The maximum atomic E-state index is 14.7. The first-order valence-electron chi connectivity index (χ1n) is 15.6. The highest BCUT2D eigenvalue weighted by Crippen LogP contribution is 2.28. The number of thioether (sulfide) groups is 1. The van der Waals surface area contributed by atoms with Gasteiger partial charge in [-0.1, -0.05) is 58.4 Å². The number of hydrogen-bond acceptors (Lipinski definition) is 6. The van der Waals surface area contributed by atoms with E-state index in [1.54, 1.807) is 48.5 Å². The topological polar surface area (TPSA) is 96.0 Å². The Morgan fingerprint density at radius 3 is 2.06 bits per heavy atom. The Bertz CT molecular complexity index is 1760. The Kier molecular flexibility index (Phi) is 12.8. The fraction of sp³-hybridized carbons (Fsp3) is 0.297. The van der Waals surface area contributed by atoms with Gasteiger partial charge in [0.2, 0.25) is 11.8 Å². The number of amides is 2. The molecule has 4 rings (SSSR count). The molecule has 0 spiro atoms. The van der Waals surface area contributed by atoms with Gasteiger partial charge in [-0.25, -0.2) is 8.42 Å². The molecular formula is C37H42BrN3O5S2. The van der Waals surface area contributed by atoms with Crippen molar-refractivity contribution in [3.05, 3.63) is 119 Å². The Labute approximate surface area is 297 Å². The van der Waals surface area contributed by atoms with Crippen molar-refractivity contribution in [3.63, 3.8) is 0 Å². The quantitative estimate of drug-likeness (QED) is 0.136. The Balaban J connectivity index is 1.81. The molecule has 0 radical (unpaired) electrons.